The number of hydrogen-bond acceptors (Lipinski definition) is 6. The van der Waals surface area contributed by atoms with E-state index in [9.17, 15) is 9.59 Å². The number of rotatable bonds is 14. The van der Waals surface area contributed by atoms with E-state index in [2.05, 4.69) is 23.3 Å². The molecule has 1 aliphatic rings. The fourth-order valence-corrected chi connectivity index (χ4v) is 5.45. The standard InChI is InChI=1S/C28H41N3O4S/c1-5-8-27(32)31(17-16-29-13-6-7-14-29)21-28(33)30(20-26-22(2)12-18-36-26)15-11-23-9-10-24(34-3)25(19-23)35-4/h9-10,12,18-19H,5-8,11,13-17,20-21H2,1-4H3. The van der Waals surface area contributed by atoms with Crippen LogP contribution in [-0.2, 0) is 22.6 Å². The molecule has 0 radical (unpaired) electrons. The number of carbonyl (C=O) groups is 2. The largest absolute Gasteiger partial charge is 0.493 e. The van der Waals surface area contributed by atoms with Crippen molar-refractivity contribution in [2.75, 3.05) is 53.5 Å². The highest BCUT2D eigenvalue weighted by Gasteiger charge is 2.23. The highest BCUT2D eigenvalue weighted by Crippen LogP contribution is 2.28. The molecule has 3 rings (SSSR count). The van der Waals surface area contributed by atoms with Gasteiger partial charge in [-0.15, -0.1) is 11.3 Å². The van der Waals surface area contributed by atoms with Crippen molar-refractivity contribution >= 4 is 23.2 Å². The van der Waals surface area contributed by atoms with Gasteiger partial charge in [-0.25, -0.2) is 0 Å². The molecule has 0 atom stereocenters. The summed E-state index contributed by atoms with van der Waals surface area (Å²) < 4.78 is 10.8. The predicted octanol–water partition coefficient (Wildman–Crippen LogP) is 4.37. The van der Waals surface area contributed by atoms with Crippen LogP contribution in [-0.4, -0.2) is 80.0 Å². The molecule has 1 aliphatic heterocycles. The van der Waals surface area contributed by atoms with Crippen LogP contribution in [0.4, 0.5) is 0 Å². The quantitative estimate of drug-likeness (QED) is 0.374. The number of nitrogens with zero attached hydrogens (tertiary/aromatic N) is 3. The molecule has 1 aromatic heterocycles. The summed E-state index contributed by atoms with van der Waals surface area (Å²) in [5.74, 6) is 1.43. The Hall–Kier alpha value is -2.58. The van der Waals surface area contributed by atoms with Crippen molar-refractivity contribution in [2.24, 2.45) is 0 Å². The maximum absolute atomic E-state index is 13.6. The highest BCUT2D eigenvalue weighted by atomic mass is 32.1. The first-order valence-electron chi connectivity index (χ1n) is 13.0. The summed E-state index contributed by atoms with van der Waals surface area (Å²) in [6.45, 7) is 8.93. The van der Waals surface area contributed by atoms with Crippen LogP contribution in [0.5, 0.6) is 11.5 Å². The summed E-state index contributed by atoms with van der Waals surface area (Å²) in [5.41, 5.74) is 2.26. The second-order valence-corrected chi connectivity index (χ2v) is 10.4. The Labute approximate surface area is 220 Å². The molecule has 0 spiro atoms. The van der Waals surface area contributed by atoms with Crippen molar-refractivity contribution in [3.8, 4) is 11.5 Å². The topological polar surface area (TPSA) is 62.3 Å². The van der Waals surface area contributed by atoms with Crippen molar-refractivity contribution < 1.29 is 19.1 Å². The average molecular weight is 516 g/mol. The number of benzene rings is 1. The Kier molecular flexibility index (Phi) is 11.1. The number of hydrogen-bond donors (Lipinski definition) is 0. The highest BCUT2D eigenvalue weighted by molar-refractivity contribution is 7.10. The van der Waals surface area contributed by atoms with Crippen molar-refractivity contribution in [1.82, 2.24) is 14.7 Å². The van der Waals surface area contributed by atoms with Gasteiger partial charge in [-0.2, -0.15) is 0 Å². The third-order valence-electron chi connectivity index (χ3n) is 6.80. The number of carbonyl (C=O) groups excluding carboxylic acids is 2. The average Bonchev–Trinajstić information content (AvgIpc) is 3.55. The van der Waals surface area contributed by atoms with E-state index < -0.39 is 0 Å². The Morgan fingerprint density at radius 2 is 1.75 bits per heavy atom. The number of likely N-dealkylation sites (tertiary alicyclic amines) is 1. The van der Waals surface area contributed by atoms with Gasteiger partial charge in [0.25, 0.3) is 0 Å². The van der Waals surface area contributed by atoms with Crippen LogP contribution in [0.15, 0.2) is 29.6 Å². The van der Waals surface area contributed by atoms with Gasteiger partial charge in [0, 0.05) is 30.9 Å². The zero-order valence-corrected chi connectivity index (χ0v) is 23.1. The van der Waals surface area contributed by atoms with E-state index in [0.29, 0.717) is 44.0 Å². The fourth-order valence-electron chi connectivity index (χ4n) is 4.53. The van der Waals surface area contributed by atoms with Gasteiger partial charge in [-0.3, -0.25) is 9.59 Å². The molecule has 2 amide bonds. The molecule has 198 valence electrons. The molecular weight excluding hydrogens is 474 g/mol. The molecule has 36 heavy (non-hydrogen) atoms. The van der Waals surface area contributed by atoms with Crippen molar-refractivity contribution in [1.29, 1.82) is 0 Å². The molecule has 1 fully saturated rings. The molecule has 2 heterocycles. The Balaban J connectivity index is 1.72. The molecule has 7 nitrogen and oxygen atoms in total. The minimum absolute atomic E-state index is 0.00542. The van der Waals surface area contributed by atoms with Gasteiger partial charge in [-0.05, 0) is 80.4 Å². The molecule has 1 aromatic carbocycles. The maximum Gasteiger partial charge on any atom is 0.242 e. The van der Waals surface area contributed by atoms with Gasteiger partial charge in [0.15, 0.2) is 11.5 Å². The third kappa shape index (κ3) is 7.96. The van der Waals surface area contributed by atoms with Crippen LogP contribution in [0.25, 0.3) is 0 Å². The molecule has 0 aliphatic carbocycles. The summed E-state index contributed by atoms with van der Waals surface area (Å²) in [6, 6.07) is 7.95. The molecule has 2 aromatic rings. The van der Waals surface area contributed by atoms with Gasteiger partial charge in [-0.1, -0.05) is 13.0 Å². The summed E-state index contributed by atoms with van der Waals surface area (Å²) in [5, 5.41) is 2.06. The molecule has 0 bridgehead atoms. The van der Waals surface area contributed by atoms with E-state index in [1.165, 1.54) is 23.3 Å². The monoisotopic (exact) mass is 515 g/mol. The summed E-state index contributed by atoms with van der Waals surface area (Å²) in [4.78, 5) is 33.8. The van der Waals surface area contributed by atoms with Crippen LogP contribution in [0.1, 0.15) is 48.6 Å². The fraction of sp³-hybridized carbons (Fsp3) is 0.571. The second kappa shape index (κ2) is 14.2. The first kappa shape index (κ1) is 28.0. The number of amides is 2. The molecule has 8 heteroatoms. The van der Waals surface area contributed by atoms with E-state index in [-0.39, 0.29) is 18.4 Å². The zero-order valence-electron chi connectivity index (χ0n) is 22.3. The van der Waals surface area contributed by atoms with Crippen molar-refractivity contribution in [3.05, 3.63) is 45.6 Å². The van der Waals surface area contributed by atoms with E-state index in [1.54, 1.807) is 30.5 Å². The normalized spacial score (nSPS) is 13.6. The first-order valence-corrected chi connectivity index (χ1v) is 13.8. The summed E-state index contributed by atoms with van der Waals surface area (Å²) >= 11 is 1.67. The SMILES string of the molecule is CCCC(=O)N(CCN1CCCC1)CC(=O)N(CCc1ccc(OC)c(OC)c1)Cc1sccc1C. The molecule has 0 saturated carbocycles. The number of ether oxygens (including phenoxy) is 2. The minimum Gasteiger partial charge on any atom is -0.493 e. The Morgan fingerprint density at radius 3 is 2.39 bits per heavy atom. The van der Waals surface area contributed by atoms with Gasteiger partial charge in [0.05, 0.1) is 27.3 Å². The molecule has 0 N–H and O–H groups in total. The lowest BCUT2D eigenvalue weighted by Gasteiger charge is -2.29. The molecular formula is C28H41N3O4S. The summed E-state index contributed by atoms with van der Waals surface area (Å²) in [7, 11) is 3.25. The smallest absolute Gasteiger partial charge is 0.242 e. The third-order valence-corrected chi connectivity index (χ3v) is 7.81. The first-order chi connectivity index (χ1) is 17.4. The van der Waals surface area contributed by atoms with E-state index in [1.807, 2.05) is 30.0 Å². The maximum atomic E-state index is 13.6. The van der Waals surface area contributed by atoms with Gasteiger partial charge in [0.2, 0.25) is 11.8 Å². The molecule has 1 saturated heterocycles. The number of thiophene rings is 1. The molecule has 0 unspecified atom stereocenters. The van der Waals surface area contributed by atoms with Crippen LogP contribution in [0.3, 0.4) is 0 Å². The Morgan fingerprint density at radius 1 is 1.00 bits per heavy atom. The predicted molar refractivity (Wildman–Crippen MR) is 145 cm³/mol. The van der Waals surface area contributed by atoms with Crippen molar-refractivity contribution in [2.45, 2.75) is 52.5 Å². The summed E-state index contributed by atoms with van der Waals surface area (Å²) in [6.07, 6.45) is 4.37. The number of aryl methyl sites for hydroxylation is 1. The van der Waals surface area contributed by atoms with Gasteiger partial charge in [0.1, 0.15) is 0 Å². The van der Waals surface area contributed by atoms with Gasteiger partial charge >= 0.3 is 0 Å². The van der Waals surface area contributed by atoms with Crippen molar-refractivity contribution in [3.63, 3.8) is 0 Å². The number of methoxy groups -OCH3 is 2. The second-order valence-electron chi connectivity index (χ2n) is 9.40. The Bertz CT molecular complexity index is 987. The van der Waals surface area contributed by atoms with Crippen LogP contribution < -0.4 is 9.47 Å². The van der Waals surface area contributed by atoms with Crippen LogP contribution in [0.2, 0.25) is 0 Å². The minimum atomic E-state index is -0.00542. The van der Waals surface area contributed by atoms with E-state index in [0.717, 1.165) is 31.6 Å². The lowest BCUT2D eigenvalue weighted by molar-refractivity contribution is -0.141. The zero-order chi connectivity index (χ0) is 25.9. The lowest BCUT2D eigenvalue weighted by atomic mass is 10.1. The lowest BCUT2D eigenvalue weighted by Crippen LogP contribution is -2.45. The van der Waals surface area contributed by atoms with Gasteiger partial charge < -0.3 is 24.2 Å². The van der Waals surface area contributed by atoms with Crippen LogP contribution in [0, 0.1) is 6.92 Å². The van der Waals surface area contributed by atoms with Crippen LogP contribution >= 0.6 is 11.3 Å². The van der Waals surface area contributed by atoms with E-state index >= 15 is 0 Å². The van der Waals surface area contributed by atoms with E-state index in [4.69, 9.17) is 9.47 Å².